The van der Waals surface area contributed by atoms with E-state index in [2.05, 4.69) is 21.3 Å². The van der Waals surface area contributed by atoms with E-state index in [9.17, 15) is 14.7 Å². The van der Waals surface area contributed by atoms with Crippen molar-refractivity contribution in [3.63, 3.8) is 0 Å². The van der Waals surface area contributed by atoms with Gasteiger partial charge in [-0.3, -0.25) is 10.2 Å². The number of carbonyl (C=O) groups is 2. The number of hydrogen-bond donors (Lipinski definition) is 4. The molecule has 0 spiro atoms. The van der Waals surface area contributed by atoms with Crippen molar-refractivity contribution in [1.82, 2.24) is 25.9 Å². The molecule has 2 heterocycles. The summed E-state index contributed by atoms with van der Waals surface area (Å²) in [5.41, 5.74) is 4.95. The van der Waals surface area contributed by atoms with Crippen LogP contribution in [0.5, 0.6) is 5.75 Å². The normalized spacial score (nSPS) is 10.3. The molecule has 0 radical (unpaired) electrons. The maximum atomic E-state index is 12.1. The monoisotopic (exact) mass is 371 g/mol. The predicted octanol–water partition coefficient (Wildman–Crippen LogP) is 1.83. The van der Waals surface area contributed by atoms with Crippen molar-refractivity contribution >= 4 is 23.3 Å². The number of amides is 3. The number of hydrazine groups is 1. The number of rotatable bonds is 5. The molecule has 0 aliphatic heterocycles. The Hall–Kier alpha value is -3.33. The number of para-hydroxylation sites is 1. The number of hydrogen-bond acceptors (Lipinski definition) is 5. The molecule has 3 rings (SSSR count). The first kappa shape index (κ1) is 17.5. The Morgan fingerprint density at radius 1 is 1.12 bits per heavy atom. The number of aromatic nitrogens is 2. The highest BCUT2D eigenvalue weighted by Gasteiger charge is 2.17. The molecular weight excluding hydrogens is 354 g/mol. The summed E-state index contributed by atoms with van der Waals surface area (Å²) >= 11 is 1.61. The van der Waals surface area contributed by atoms with Crippen LogP contribution in [0.1, 0.15) is 15.4 Å². The molecule has 3 aromatic rings. The van der Waals surface area contributed by atoms with Gasteiger partial charge in [0, 0.05) is 11.4 Å². The first-order valence-corrected chi connectivity index (χ1v) is 8.72. The summed E-state index contributed by atoms with van der Waals surface area (Å²) in [6.07, 6.45) is 2.03. The minimum atomic E-state index is -0.717. The van der Waals surface area contributed by atoms with Gasteiger partial charge in [-0.2, -0.15) is 5.10 Å². The Bertz CT molecular complexity index is 877. The van der Waals surface area contributed by atoms with E-state index in [0.717, 1.165) is 4.88 Å². The Balaban J connectivity index is 1.50. The summed E-state index contributed by atoms with van der Waals surface area (Å²) in [6, 6.07) is 12.4. The maximum absolute atomic E-state index is 12.1. The third-order valence-corrected chi connectivity index (χ3v) is 4.39. The van der Waals surface area contributed by atoms with E-state index >= 15 is 0 Å². The van der Waals surface area contributed by atoms with Gasteiger partial charge in [0.15, 0.2) is 11.4 Å². The molecule has 4 N–H and O–H groups in total. The SMILES string of the molecule is O=C(NCCc1cccs1)NNC(=O)c1nn(-c2ccccc2)cc1O. The van der Waals surface area contributed by atoms with Crippen molar-refractivity contribution in [2.24, 2.45) is 0 Å². The molecule has 134 valence electrons. The molecule has 26 heavy (non-hydrogen) atoms. The number of thiophene rings is 1. The third kappa shape index (κ3) is 4.39. The van der Waals surface area contributed by atoms with Crippen LogP contribution in [0.2, 0.25) is 0 Å². The van der Waals surface area contributed by atoms with E-state index in [1.54, 1.807) is 23.5 Å². The van der Waals surface area contributed by atoms with Gasteiger partial charge >= 0.3 is 6.03 Å². The molecule has 3 amide bonds. The van der Waals surface area contributed by atoms with Crippen LogP contribution < -0.4 is 16.2 Å². The Morgan fingerprint density at radius 2 is 1.92 bits per heavy atom. The average Bonchev–Trinajstić information content (AvgIpc) is 3.30. The maximum Gasteiger partial charge on any atom is 0.333 e. The second kappa shape index (κ2) is 8.17. The zero-order valence-electron chi connectivity index (χ0n) is 13.7. The molecule has 0 fully saturated rings. The summed E-state index contributed by atoms with van der Waals surface area (Å²) in [5.74, 6) is -1.00. The molecule has 2 aromatic heterocycles. The van der Waals surface area contributed by atoms with Gasteiger partial charge in [0.1, 0.15) is 0 Å². The smallest absolute Gasteiger partial charge is 0.333 e. The standard InChI is InChI=1S/C17H17N5O3S/c23-14-11-22(12-5-2-1-3-6-12)21-15(14)16(24)19-20-17(25)18-9-8-13-7-4-10-26-13/h1-7,10-11,23H,8-9H2,(H,19,24)(H2,18,20,25). The lowest BCUT2D eigenvalue weighted by molar-refractivity contribution is 0.0928. The molecule has 8 nitrogen and oxygen atoms in total. The van der Waals surface area contributed by atoms with Gasteiger partial charge in [-0.15, -0.1) is 11.3 Å². The van der Waals surface area contributed by atoms with Crippen molar-refractivity contribution in [2.75, 3.05) is 6.54 Å². The van der Waals surface area contributed by atoms with E-state index in [-0.39, 0.29) is 11.4 Å². The van der Waals surface area contributed by atoms with Crippen LogP contribution in [-0.4, -0.2) is 33.4 Å². The highest BCUT2D eigenvalue weighted by Crippen LogP contribution is 2.17. The van der Waals surface area contributed by atoms with Crippen molar-refractivity contribution in [1.29, 1.82) is 0 Å². The summed E-state index contributed by atoms with van der Waals surface area (Å²) in [7, 11) is 0. The number of nitrogens with one attached hydrogen (secondary N) is 3. The van der Waals surface area contributed by atoms with E-state index in [4.69, 9.17) is 0 Å². The Morgan fingerprint density at radius 3 is 2.65 bits per heavy atom. The van der Waals surface area contributed by atoms with Crippen LogP contribution in [0.15, 0.2) is 54.0 Å². The lowest BCUT2D eigenvalue weighted by Gasteiger charge is -2.07. The van der Waals surface area contributed by atoms with Crippen LogP contribution in [0.4, 0.5) is 4.79 Å². The molecule has 0 bridgehead atoms. The van der Waals surface area contributed by atoms with Gasteiger partial charge in [-0.25, -0.2) is 14.9 Å². The van der Waals surface area contributed by atoms with Crippen molar-refractivity contribution < 1.29 is 14.7 Å². The van der Waals surface area contributed by atoms with Gasteiger partial charge in [0.25, 0.3) is 5.91 Å². The molecule has 1 aromatic carbocycles. The molecule has 0 saturated carbocycles. The predicted molar refractivity (Wildman–Crippen MR) is 97.3 cm³/mol. The van der Waals surface area contributed by atoms with E-state index in [0.29, 0.717) is 18.7 Å². The molecular formula is C17H17N5O3S. The Labute approximate surface area is 153 Å². The highest BCUT2D eigenvalue weighted by atomic mass is 32.1. The summed E-state index contributed by atoms with van der Waals surface area (Å²) in [4.78, 5) is 24.9. The number of carbonyl (C=O) groups excluding carboxylic acids is 2. The van der Waals surface area contributed by atoms with E-state index < -0.39 is 11.9 Å². The highest BCUT2D eigenvalue weighted by molar-refractivity contribution is 7.09. The van der Waals surface area contributed by atoms with Gasteiger partial charge in [0.05, 0.1) is 11.9 Å². The summed E-state index contributed by atoms with van der Waals surface area (Å²) < 4.78 is 1.38. The number of nitrogens with zero attached hydrogens (tertiary/aromatic N) is 2. The van der Waals surface area contributed by atoms with E-state index in [1.807, 2.05) is 35.7 Å². The first-order chi connectivity index (χ1) is 12.6. The molecule has 0 aliphatic rings. The molecule has 0 aliphatic carbocycles. The average molecular weight is 371 g/mol. The van der Waals surface area contributed by atoms with Crippen LogP contribution in [0.25, 0.3) is 5.69 Å². The van der Waals surface area contributed by atoms with Gasteiger partial charge in [-0.1, -0.05) is 24.3 Å². The number of aromatic hydroxyl groups is 1. The topological polar surface area (TPSA) is 108 Å². The van der Waals surface area contributed by atoms with Crippen LogP contribution in [0.3, 0.4) is 0 Å². The fourth-order valence-electron chi connectivity index (χ4n) is 2.21. The quantitative estimate of drug-likeness (QED) is 0.513. The third-order valence-electron chi connectivity index (χ3n) is 3.46. The van der Waals surface area contributed by atoms with Gasteiger partial charge < -0.3 is 10.4 Å². The lowest BCUT2D eigenvalue weighted by atomic mass is 10.3. The van der Waals surface area contributed by atoms with Crippen molar-refractivity contribution in [3.05, 3.63) is 64.6 Å². The minimum absolute atomic E-state index is 0.187. The lowest BCUT2D eigenvalue weighted by Crippen LogP contribution is -2.47. The number of benzene rings is 1. The first-order valence-electron chi connectivity index (χ1n) is 7.84. The summed E-state index contributed by atoms with van der Waals surface area (Å²) in [6.45, 7) is 0.441. The van der Waals surface area contributed by atoms with Crippen molar-refractivity contribution in [3.8, 4) is 11.4 Å². The minimum Gasteiger partial charge on any atom is -0.504 e. The second-order valence-electron chi connectivity index (χ2n) is 5.31. The Kier molecular flexibility index (Phi) is 5.49. The van der Waals surface area contributed by atoms with Crippen LogP contribution in [-0.2, 0) is 6.42 Å². The van der Waals surface area contributed by atoms with Crippen LogP contribution in [0, 0.1) is 0 Å². The number of urea groups is 1. The molecule has 0 atom stereocenters. The zero-order chi connectivity index (χ0) is 18.4. The second-order valence-corrected chi connectivity index (χ2v) is 6.34. The fraction of sp³-hybridized carbons (Fsp3) is 0.118. The van der Waals surface area contributed by atoms with Crippen molar-refractivity contribution in [2.45, 2.75) is 6.42 Å². The largest absolute Gasteiger partial charge is 0.504 e. The summed E-state index contributed by atoms with van der Waals surface area (Å²) in [5, 5.41) is 18.5. The molecule has 0 unspecified atom stereocenters. The fourth-order valence-corrected chi connectivity index (χ4v) is 2.92. The van der Waals surface area contributed by atoms with E-state index in [1.165, 1.54) is 10.9 Å². The molecule has 9 heteroatoms. The molecule has 0 saturated heterocycles. The van der Waals surface area contributed by atoms with Gasteiger partial charge in [-0.05, 0) is 30.0 Å². The van der Waals surface area contributed by atoms with Gasteiger partial charge in [0.2, 0.25) is 0 Å². The zero-order valence-corrected chi connectivity index (χ0v) is 14.5. The van der Waals surface area contributed by atoms with Crippen LogP contribution >= 0.6 is 11.3 Å².